The number of ether oxygens (including phenoxy) is 1. The summed E-state index contributed by atoms with van der Waals surface area (Å²) < 4.78 is 18.3. The average Bonchev–Trinajstić information content (AvgIpc) is 2.88. The van der Waals surface area contributed by atoms with Crippen molar-refractivity contribution in [2.75, 3.05) is 12.4 Å². The van der Waals surface area contributed by atoms with E-state index in [0.29, 0.717) is 10.6 Å². The van der Waals surface area contributed by atoms with Gasteiger partial charge in [-0.2, -0.15) is 5.26 Å². The Hall–Kier alpha value is -2.39. The molecule has 0 aliphatic heterocycles. The molecule has 0 unspecified atom stereocenters. The molecule has 1 heterocycles. The zero-order valence-corrected chi connectivity index (χ0v) is 10.8. The van der Waals surface area contributed by atoms with E-state index < -0.39 is 11.7 Å². The highest BCUT2D eigenvalue weighted by Crippen LogP contribution is 2.23. The number of nitriles is 1. The van der Waals surface area contributed by atoms with E-state index in [2.05, 4.69) is 5.32 Å². The van der Waals surface area contributed by atoms with Crippen molar-refractivity contribution in [3.63, 3.8) is 0 Å². The van der Waals surface area contributed by atoms with Gasteiger partial charge in [-0.25, -0.2) is 4.39 Å². The van der Waals surface area contributed by atoms with Crippen LogP contribution in [0.3, 0.4) is 0 Å². The lowest BCUT2D eigenvalue weighted by molar-refractivity contribution is 0.103. The van der Waals surface area contributed by atoms with Crippen molar-refractivity contribution in [1.82, 2.24) is 0 Å². The van der Waals surface area contributed by atoms with Crippen molar-refractivity contribution in [3.05, 3.63) is 45.9 Å². The van der Waals surface area contributed by atoms with E-state index in [1.807, 2.05) is 0 Å². The Morgan fingerprint density at radius 2 is 2.32 bits per heavy atom. The fraction of sp³-hybridized carbons (Fsp3) is 0.0769. The Balaban J connectivity index is 2.24. The van der Waals surface area contributed by atoms with E-state index in [1.165, 1.54) is 36.6 Å². The highest BCUT2D eigenvalue weighted by Gasteiger charge is 2.14. The van der Waals surface area contributed by atoms with Crippen molar-refractivity contribution in [3.8, 4) is 11.8 Å². The standard InChI is InChI=1S/C13H9FN2O2S/c1-18-8-5-12(19-7-8)13(17)16-11-4-2-3-10(14)9(11)6-15/h2-5,7H,1H3,(H,16,17). The molecule has 0 aliphatic rings. The number of nitrogens with zero attached hydrogens (tertiary/aromatic N) is 1. The lowest BCUT2D eigenvalue weighted by Crippen LogP contribution is -2.11. The zero-order valence-electron chi connectivity index (χ0n) is 9.94. The third-order valence-electron chi connectivity index (χ3n) is 2.41. The van der Waals surface area contributed by atoms with Gasteiger partial charge in [0.25, 0.3) is 5.91 Å². The number of thiophene rings is 1. The van der Waals surface area contributed by atoms with Crippen molar-refractivity contribution in [1.29, 1.82) is 5.26 Å². The maximum Gasteiger partial charge on any atom is 0.265 e. The monoisotopic (exact) mass is 276 g/mol. The number of amides is 1. The van der Waals surface area contributed by atoms with Crippen LogP contribution in [0.5, 0.6) is 5.75 Å². The summed E-state index contributed by atoms with van der Waals surface area (Å²) in [6.07, 6.45) is 0. The molecule has 2 aromatic rings. The molecule has 2 rings (SSSR count). The Labute approximate surface area is 113 Å². The Morgan fingerprint density at radius 1 is 1.53 bits per heavy atom. The molecular formula is C13H9FN2O2S. The molecule has 1 aromatic carbocycles. The first-order chi connectivity index (χ1) is 9.15. The largest absolute Gasteiger partial charge is 0.496 e. The highest BCUT2D eigenvalue weighted by molar-refractivity contribution is 7.12. The van der Waals surface area contributed by atoms with Crippen molar-refractivity contribution < 1.29 is 13.9 Å². The summed E-state index contributed by atoms with van der Waals surface area (Å²) in [4.78, 5) is 12.4. The quantitative estimate of drug-likeness (QED) is 0.937. The molecule has 1 N–H and O–H groups in total. The number of rotatable bonds is 3. The van der Waals surface area contributed by atoms with Crippen LogP contribution < -0.4 is 10.1 Å². The maximum atomic E-state index is 13.4. The lowest BCUT2D eigenvalue weighted by atomic mass is 10.2. The van der Waals surface area contributed by atoms with Crippen LogP contribution >= 0.6 is 11.3 Å². The molecule has 6 heteroatoms. The van der Waals surface area contributed by atoms with Gasteiger partial charge in [0, 0.05) is 11.4 Å². The molecule has 0 atom stereocenters. The molecule has 0 fully saturated rings. The highest BCUT2D eigenvalue weighted by atomic mass is 32.1. The van der Waals surface area contributed by atoms with Crippen molar-refractivity contribution >= 4 is 22.9 Å². The van der Waals surface area contributed by atoms with Crippen molar-refractivity contribution in [2.24, 2.45) is 0 Å². The fourth-order valence-corrected chi connectivity index (χ4v) is 2.22. The third kappa shape index (κ3) is 2.72. The van der Waals surface area contributed by atoms with Crippen LogP contribution in [-0.4, -0.2) is 13.0 Å². The molecule has 0 aliphatic carbocycles. The van der Waals surface area contributed by atoms with Crippen LogP contribution in [0.25, 0.3) is 0 Å². The number of carbonyl (C=O) groups excluding carboxylic acids is 1. The first kappa shape index (κ1) is 13.1. The number of benzene rings is 1. The van der Waals surface area contributed by atoms with Crippen LogP contribution in [0.4, 0.5) is 10.1 Å². The van der Waals surface area contributed by atoms with E-state index in [4.69, 9.17) is 10.00 Å². The lowest BCUT2D eigenvalue weighted by Gasteiger charge is -2.05. The topological polar surface area (TPSA) is 62.1 Å². The molecule has 19 heavy (non-hydrogen) atoms. The Bertz CT molecular complexity index is 661. The second-order valence-electron chi connectivity index (χ2n) is 3.58. The third-order valence-corrected chi connectivity index (χ3v) is 3.32. The smallest absolute Gasteiger partial charge is 0.265 e. The summed E-state index contributed by atoms with van der Waals surface area (Å²) in [7, 11) is 1.50. The second kappa shape index (κ2) is 5.50. The van der Waals surface area contributed by atoms with Gasteiger partial charge < -0.3 is 10.1 Å². The maximum absolute atomic E-state index is 13.4. The molecule has 0 spiro atoms. The van der Waals surface area contributed by atoms with E-state index in [1.54, 1.807) is 17.5 Å². The van der Waals surface area contributed by atoms with Crippen LogP contribution in [-0.2, 0) is 0 Å². The van der Waals surface area contributed by atoms with Gasteiger partial charge in [-0.15, -0.1) is 11.3 Å². The number of hydrogen-bond donors (Lipinski definition) is 1. The number of hydrogen-bond acceptors (Lipinski definition) is 4. The van der Waals surface area contributed by atoms with E-state index >= 15 is 0 Å². The number of methoxy groups -OCH3 is 1. The van der Waals surface area contributed by atoms with Crippen LogP contribution in [0, 0.1) is 17.1 Å². The molecule has 96 valence electrons. The second-order valence-corrected chi connectivity index (χ2v) is 4.49. The Morgan fingerprint density at radius 3 is 2.95 bits per heavy atom. The molecular weight excluding hydrogens is 267 g/mol. The molecule has 0 saturated heterocycles. The van der Waals surface area contributed by atoms with Gasteiger partial charge in [0.2, 0.25) is 0 Å². The van der Waals surface area contributed by atoms with Gasteiger partial charge in [0.1, 0.15) is 23.2 Å². The van der Waals surface area contributed by atoms with E-state index in [0.717, 1.165) is 0 Å². The summed E-state index contributed by atoms with van der Waals surface area (Å²) >= 11 is 1.21. The first-order valence-electron chi connectivity index (χ1n) is 5.28. The summed E-state index contributed by atoms with van der Waals surface area (Å²) in [6, 6.07) is 7.38. The van der Waals surface area contributed by atoms with Gasteiger partial charge in [-0.05, 0) is 12.1 Å². The minimum Gasteiger partial charge on any atom is -0.496 e. The van der Waals surface area contributed by atoms with E-state index in [9.17, 15) is 9.18 Å². The van der Waals surface area contributed by atoms with Gasteiger partial charge in [0.05, 0.1) is 17.7 Å². The van der Waals surface area contributed by atoms with Crippen LogP contribution in [0.1, 0.15) is 15.2 Å². The number of halogens is 1. The predicted molar refractivity (Wildman–Crippen MR) is 69.9 cm³/mol. The summed E-state index contributed by atoms with van der Waals surface area (Å²) in [5, 5.41) is 13.1. The average molecular weight is 276 g/mol. The minimum atomic E-state index is -0.663. The first-order valence-corrected chi connectivity index (χ1v) is 6.16. The molecule has 1 aromatic heterocycles. The fourth-order valence-electron chi connectivity index (χ4n) is 1.47. The Kier molecular flexibility index (Phi) is 3.78. The van der Waals surface area contributed by atoms with Gasteiger partial charge >= 0.3 is 0 Å². The molecule has 0 saturated carbocycles. The molecule has 0 bridgehead atoms. The zero-order chi connectivity index (χ0) is 13.8. The predicted octanol–water partition coefficient (Wildman–Crippen LogP) is 3.02. The number of carbonyl (C=O) groups is 1. The number of anilines is 1. The van der Waals surface area contributed by atoms with Crippen LogP contribution in [0.15, 0.2) is 29.6 Å². The summed E-state index contributed by atoms with van der Waals surface area (Å²) in [5.41, 5.74) is -0.0285. The minimum absolute atomic E-state index is 0.153. The van der Waals surface area contributed by atoms with Gasteiger partial charge in [-0.3, -0.25) is 4.79 Å². The molecule has 4 nitrogen and oxygen atoms in total. The van der Waals surface area contributed by atoms with Gasteiger partial charge in [-0.1, -0.05) is 6.07 Å². The number of nitrogens with one attached hydrogen (secondary N) is 1. The van der Waals surface area contributed by atoms with Crippen molar-refractivity contribution in [2.45, 2.75) is 0 Å². The summed E-state index contributed by atoms with van der Waals surface area (Å²) in [6.45, 7) is 0. The molecule has 0 radical (unpaired) electrons. The molecule has 1 amide bonds. The SMILES string of the molecule is COc1csc(C(=O)Nc2cccc(F)c2C#N)c1. The van der Waals surface area contributed by atoms with Crippen LogP contribution in [0.2, 0.25) is 0 Å². The summed E-state index contributed by atoms with van der Waals surface area (Å²) in [5.74, 6) is -0.491. The van der Waals surface area contributed by atoms with E-state index in [-0.39, 0.29) is 11.3 Å². The van der Waals surface area contributed by atoms with Gasteiger partial charge in [0.15, 0.2) is 0 Å². The normalized spacial score (nSPS) is 9.74.